The van der Waals surface area contributed by atoms with Crippen molar-refractivity contribution < 1.29 is 43.2 Å². The number of carboxylic acids is 1. The van der Waals surface area contributed by atoms with Crippen molar-refractivity contribution in [2.24, 2.45) is 0 Å². The van der Waals surface area contributed by atoms with Gasteiger partial charge in [0.1, 0.15) is 18.5 Å². The Morgan fingerprint density at radius 2 is 1.67 bits per heavy atom. The molecule has 0 bridgehead atoms. The number of ether oxygens (including phenoxy) is 4. The Hall–Kier alpha value is -3.02. The first-order valence-corrected chi connectivity index (χ1v) is 7.89. The molecular weight excluding hydrogens is 366 g/mol. The van der Waals surface area contributed by atoms with Crippen molar-refractivity contribution in [2.45, 2.75) is 52.2 Å². The van der Waals surface area contributed by atoms with Gasteiger partial charge in [-0.15, -0.1) is 0 Å². The third kappa shape index (κ3) is 4.78. The minimum Gasteiger partial charge on any atom is -0.475 e. The molecule has 1 aliphatic heterocycles. The number of rotatable bonds is 6. The van der Waals surface area contributed by atoms with E-state index in [1.807, 2.05) is 0 Å². The summed E-state index contributed by atoms with van der Waals surface area (Å²) in [5.74, 6) is -3.70. The lowest BCUT2D eigenvalue weighted by Gasteiger charge is -2.23. The fourth-order valence-corrected chi connectivity index (χ4v) is 2.64. The lowest BCUT2D eigenvalue weighted by Crippen LogP contribution is -2.41. The number of carboxylic acid groups (broad SMARTS) is 1. The molecule has 12 heteroatoms. The zero-order chi connectivity index (χ0) is 20.3. The summed E-state index contributed by atoms with van der Waals surface area (Å²) in [4.78, 5) is 49.4. The Balaban J connectivity index is 2.44. The predicted molar refractivity (Wildman–Crippen MR) is 83.4 cm³/mol. The molecule has 1 N–H and O–H groups in total. The first kappa shape index (κ1) is 20.3. The van der Waals surface area contributed by atoms with Gasteiger partial charge >= 0.3 is 23.9 Å². The number of hydrogen-bond acceptors (Lipinski definition) is 10. The van der Waals surface area contributed by atoms with E-state index in [-0.39, 0.29) is 12.4 Å². The molecule has 0 spiro atoms. The molecule has 1 aliphatic rings. The Bertz CT molecular complexity index is 760. The Morgan fingerprint density at radius 3 is 2.19 bits per heavy atom. The third-order valence-corrected chi connectivity index (χ3v) is 3.51. The third-order valence-electron chi connectivity index (χ3n) is 3.51. The van der Waals surface area contributed by atoms with E-state index >= 15 is 0 Å². The average Bonchev–Trinajstić information content (AvgIpc) is 3.06. The summed E-state index contributed by atoms with van der Waals surface area (Å²) in [6.07, 6.45) is -4.66. The number of carbonyl (C=O) groups excluding carboxylic acids is 3. The molecular formula is C15H19N3O9. The highest BCUT2D eigenvalue weighted by atomic mass is 16.7. The minimum absolute atomic E-state index is 0.144. The zero-order valence-corrected chi connectivity index (χ0v) is 15.1. The van der Waals surface area contributed by atoms with Crippen LogP contribution < -0.4 is 0 Å². The smallest absolute Gasteiger partial charge is 0.373 e. The molecule has 0 aromatic carbocycles. The fourth-order valence-electron chi connectivity index (χ4n) is 2.64. The van der Waals surface area contributed by atoms with Crippen molar-refractivity contribution in [1.82, 2.24) is 14.8 Å². The Morgan fingerprint density at radius 1 is 1.07 bits per heavy atom. The number of aromatic nitrogens is 3. The molecule has 0 aliphatic carbocycles. The summed E-state index contributed by atoms with van der Waals surface area (Å²) in [5, 5.41) is 13.3. The van der Waals surface area contributed by atoms with E-state index in [2.05, 4.69) is 10.1 Å². The van der Waals surface area contributed by atoms with Crippen LogP contribution in [-0.4, -0.2) is 68.7 Å². The highest BCUT2D eigenvalue weighted by molar-refractivity contribution is 5.83. The first-order valence-electron chi connectivity index (χ1n) is 7.89. The molecule has 0 amide bonds. The van der Waals surface area contributed by atoms with Gasteiger partial charge in [-0.3, -0.25) is 14.4 Å². The monoisotopic (exact) mass is 385 g/mol. The van der Waals surface area contributed by atoms with E-state index in [1.165, 1.54) is 13.8 Å². The van der Waals surface area contributed by atoms with Crippen LogP contribution in [0.3, 0.4) is 0 Å². The van der Waals surface area contributed by atoms with E-state index in [0.717, 1.165) is 18.5 Å². The van der Waals surface area contributed by atoms with Gasteiger partial charge in [0.2, 0.25) is 5.82 Å². The topological polar surface area (TPSA) is 156 Å². The lowest BCUT2D eigenvalue weighted by atomic mass is 10.1. The normalized spacial score (nSPS) is 24.3. The zero-order valence-electron chi connectivity index (χ0n) is 15.1. The standard InChI is InChI=1S/C15H19N3O9/c1-6-16-13(15(22)23)18(17-6)14-12(26-9(4)21)11(25-8(3)20)10(27-14)5-24-7(2)19/h10-12,14H,5H2,1-4H3,(H,22,23)/t10-,11-,12-,14-/m0/s1. The van der Waals surface area contributed by atoms with Crippen molar-refractivity contribution in [3.63, 3.8) is 0 Å². The van der Waals surface area contributed by atoms with Gasteiger partial charge in [-0.1, -0.05) is 0 Å². The number of aromatic carboxylic acids is 1. The Kier molecular flexibility index (Phi) is 6.10. The van der Waals surface area contributed by atoms with E-state index in [9.17, 15) is 24.3 Å². The van der Waals surface area contributed by atoms with Crippen molar-refractivity contribution in [2.75, 3.05) is 6.61 Å². The van der Waals surface area contributed by atoms with Crippen LogP contribution in [0.2, 0.25) is 0 Å². The van der Waals surface area contributed by atoms with Gasteiger partial charge < -0.3 is 24.1 Å². The van der Waals surface area contributed by atoms with Crippen LogP contribution in [0.1, 0.15) is 43.4 Å². The first-order chi connectivity index (χ1) is 12.6. The van der Waals surface area contributed by atoms with Gasteiger partial charge in [0.05, 0.1) is 0 Å². The molecule has 1 fully saturated rings. The number of esters is 3. The van der Waals surface area contributed by atoms with Crippen molar-refractivity contribution >= 4 is 23.9 Å². The maximum Gasteiger partial charge on any atom is 0.373 e. The second-order valence-corrected chi connectivity index (χ2v) is 5.75. The number of nitrogens with zero attached hydrogens (tertiary/aromatic N) is 3. The molecule has 2 rings (SSSR count). The maximum atomic E-state index is 11.5. The van der Waals surface area contributed by atoms with Gasteiger partial charge in [-0.05, 0) is 6.92 Å². The highest BCUT2D eigenvalue weighted by Crippen LogP contribution is 2.34. The van der Waals surface area contributed by atoms with Crippen molar-refractivity contribution in [3.05, 3.63) is 11.6 Å². The van der Waals surface area contributed by atoms with Gasteiger partial charge in [0, 0.05) is 20.8 Å². The van der Waals surface area contributed by atoms with Crippen LogP contribution in [-0.2, 0) is 33.3 Å². The minimum atomic E-state index is -1.38. The SMILES string of the molecule is CC(=O)OC[C@@H]1O[C@H](n2nc(C)nc2C(=O)O)[C@@H](OC(C)=O)[C@H]1OC(C)=O. The number of aryl methyl sites for hydroxylation is 1. The summed E-state index contributed by atoms with van der Waals surface area (Å²) in [6.45, 7) is 4.62. The number of hydrogen-bond donors (Lipinski definition) is 1. The number of carbonyl (C=O) groups is 4. The fraction of sp³-hybridized carbons (Fsp3) is 0.600. The molecule has 148 valence electrons. The molecule has 4 atom stereocenters. The van der Waals surface area contributed by atoms with Crippen LogP contribution in [0.25, 0.3) is 0 Å². The van der Waals surface area contributed by atoms with Crippen LogP contribution in [0, 0.1) is 6.92 Å². The van der Waals surface area contributed by atoms with Crippen LogP contribution in [0.5, 0.6) is 0 Å². The Labute approximate surface area is 153 Å². The largest absolute Gasteiger partial charge is 0.475 e. The molecule has 0 radical (unpaired) electrons. The molecule has 1 aromatic heterocycles. The molecule has 2 heterocycles. The van der Waals surface area contributed by atoms with E-state index < -0.39 is 54.2 Å². The van der Waals surface area contributed by atoms with E-state index in [4.69, 9.17) is 18.9 Å². The summed E-state index contributed by atoms with van der Waals surface area (Å²) >= 11 is 0. The second kappa shape index (κ2) is 8.12. The van der Waals surface area contributed by atoms with Gasteiger partial charge in [-0.2, -0.15) is 5.10 Å². The maximum absolute atomic E-state index is 11.5. The van der Waals surface area contributed by atoms with E-state index in [0.29, 0.717) is 0 Å². The molecule has 0 saturated carbocycles. The molecule has 27 heavy (non-hydrogen) atoms. The molecule has 1 aromatic rings. The van der Waals surface area contributed by atoms with Gasteiger partial charge in [-0.25, -0.2) is 14.5 Å². The van der Waals surface area contributed by atoms with Crippen LogP contribution in [0.4, 0.5) is 0 Å². The van der Waals surface area contributed by atoms with E-state index in [1.54, 1.807) is 0 Å². The molecule has 0 unspecified atom stereocenters. The summed E-state index contributed by atoms with van der Waals surface area (Å²) in [7, 11) is 0. The second-order valence-electron chi connectivity index (χ2n) is 5.75. The molecule has 1 saturated heterocycles. The highest BCUT2D eigenvalue weighted by Gasteiger charge is 2.52. The average molecular weight is 385 g/mol. The van der Waals surface area contributed by atoms with Crippen LogP contribution >= 0.6 is 0 Å². The van der Waals surface area contributed by atoms with Crippen molar-refractivity contribution in [1.29, 1.82) is 0 Å². The van der Waals surface area contributed by atoms with Crippen molar-refractivity contribution in [3.8, 4) is 0 Å². The van der Waals surface area contributed by atoms with Gasteiger partial charge in [0.15, 0.2) is 18.4 Å². The molecule has 12 nitrogen and oxygen atoms in total. The lowest BCUT2D eigenvalue weighted by molar-refractivity contribution is -0.166. The quantitative estimate of drug-likeness (QED) is 0.502. The predicted octanol–water partition coefficient (Wildman–Crippen LogP) is -0.391. The summed E-state index contributed by atoms with van der Waals surface area (Å²) in [5.41, 5.74) is 0. The summed E-state index contributed by atoms with van der Waals surface area (Å²) in [6, 6.07) is 0. The summed E-state index contributed by atoms with van der Waals surface area (Å²) < 4.78 is 21.9. The van der Waals surface area contributed by atoms with Crippen LogP contribution in [0.15, 0.2) is 0 Å². The van der Waals surface area contributed by atoms with Gasteiger partial charge in [0.25, 0.3) is 0 Å².